The molecular formula is C26H23ClN4O5. The largest absolute Gasteiger partial charge is 0.508 e. The van der Waals surface area contributed by atoms with Crippen molar-refractivity contribution in [1.82, 2.24) is 10.3 Å². The van der Waals surface area contributed by atoms with Gasteiger partial charge in [-0.2, -0.15) is 0 Å². The summed E-state index contributed by atoms with van der Waals surface area (Å²) in [6.07, 6.45) is 3.34. The van der Waals surface area contributed by atoms with E-state index in [1.165, 1.54) is 0 Å². The van der Waals surface area contributed by atoms with E-state index < -0.39 is 0 Å². The second-order valence-corrected chi connectivity index (χ2v) is 9.67. The molecule has 2 aliphatic carbocycles. The number of ether oxygens (including phenoxy) is 2. The Morgan fingerprint density at radius 1 is 1.19 bits per heavy atom. The van der Waals surface area contributed by atoms with Crippen molar-refractivity contribution in [3.8, 4) is 23.0 Å². The number of urea groups is 1. The van der Waals surface area contributed by atoms with E-state index in [0.717, 1.165) is 17.5 Å². The Balaban J connectivity index is 1.16. The Labute approximate surface area is 211 Å². The highest BCUT2D eigenvalue weighted by Crippen LogP contribution is 2.77. The van der Waals surface area contributed by atoms with Gasteiger partial charge in [0.15, 0.2) is 0 Å². The van der Waals surface area contributed by atoms with Gasteiger partial charge < -0.3 is 30.5 Å². The molecule has 4 N–H and O–H groups in total. The fourth-order valence-corrected chi connectivity index (χ4v) is 5.26. The number of aromatic nitrogens is 1. The van der Waals surface area contributed by atoms with Gasteiger partial charge in [0.1, 0.15) is 28.8 Å². The SMILES string of the molecule is COc1ccc(NC(=O)N[C@@]23C[C@H]2[C@H]3c2cc(Oc3ccnc4c3CCC(=O)N4)ccc2O)c(Cl)c1. The Bertz CT molecular complexity index is 1410. The van der Waals surface area contributed by atoms with Crippen molar-refractivity contribution in [3.63, 3.8) is 0 Å². The van der Waals surface area contributed by atoms with Gasteiger partial charge in [-0.05, 0) is 55.2 Å². The van der Waals surface area contributed by atoms with Gasteiger partial charge in [-0.15, -0.1) is 0 Å². The Morgan fingerprint density at radius 3 is 2.81 bits per heavy atom. The fraction of sp³-hybridized carbons (Fsp3) is 0.269. The number of halogens is 1. The summed E-state index contributed by atoms with van der Waals surface area (Å²) >= 11 is 6.24. The summed E-state index contributed by atoms with van der Waals surface area (Å²) in [4.78, 5) is 28.6. The number of methoxy groups -OCH3 is 1. The number of phenolic OH excluding ortho intramolecular Hbond substituents is 1. The summed E-state index contributed by atoms with van der Waals surface area (Å²) in [6, 6.07) is 11.5. The second-order valence-electron chi connectivity index (χ2n) is 9.26. The maximum absolute atomic E-state index is 12.7. The normalized spacial score (nSPS) is 23.0. The lowest BCUT2D eigenvalue weighted by Crippen LogP contribution is -2.36. The van der Waals surface area contributed by atoms with Crippen LogP contribution in [0.4, 0.5) is 16.3 Å². The molecule has 3 aromatic rings. The maximum Gasteiger partial charge on any atom is 0.319 e. The Hall–Kier alpha value is -3.98. The molecule has 9 nitrogen and oxygen atoms in total. The average Bonchev–Trinajstić information content (AvgIpc) is 3.72. The number of hydrogen-bond donors (Lipinski definition) is 4. The lowest BCUT2D eigenvalue weighted by atomic mass is 9.99. The van der Waals surface area contributed by atoms with Crippen LogP contribution >= 0.6 is 11.6 Å². The molecule has 2 fully saturated rings. The summed E-state index contributed by atoms with van der Waals surface area (Å²) in [7, 11) is 1.55. The predicted octanol–water partition coefficient (Wildman–Crippen LogP) is 4.80. The highest BCUT2D eigenvalue weighted by atomic mass is 35.5. The molecule has 1 aliphatic heterocycles. The highest BCUT2D eigenvalue weighted by Gasteiger charge is 2.80. The molecule has 2 heterocycles. The van der Waals surface area contributed by atoms with E-state index in [9.17, 15) is 14.7 Å². The van der Waals surface area contributed by atoms with Crippen molar-refractivity contribution < 1.29 is 24.2 Å². The van der Waals surface area contributed by atoms with Crippen molar-refractivity contribution in [2.45, 2.75) is 30.7 Å². The third-order valence-electron chi connectivity index (χ3n) is 7.11. The number of carbonyl (C=O) groups excluding carboxylic acids is 2. The molecule has 0 unspecified atom stereocenters. The van der Waals surface area contributed by atoms with Crippen molar-refractivity contribution in [3.05, 3.63) is 64.8 Å². The number of anilines is 2. The van der Waals surface area contributed by atoms with Crippen molar-refractivity contribution in [2.75, 3.05) is 17.7 Å². The summed E-state index contributed by atoms with van der Waals surface area (Å²) < 4.78 is 11.3. The first-order valence-electron chi connectivity index (χ1n) is 11.6. The van der Waals surface area contributed by atoms with E-state index in [-0.39, 0.29) is 35.1 Å². The lowest BCUT2D eigenvalue weighted by molar-refractivity contribution is -0.116. The summed E-state index contributed by atoms with van der Waals surface area (Å²) in [5, 5.41) is 19.6. The molecule has 3 amide bonds. The van der Waals surface area contributed by atoms with Crippen LogP contribution in [0, 0.1) is 5.92 Å². The number of rotatable bonds is 6. The first-order valence-corrected chi connectivity index (χ1v) is 12.0. The van der Waals surface area contributed by atoms with Gasteiger partial charge in [0, 0.05) is 35.7 Å². The van der Waals surface area contributed by atoms with Gasteiger partial charge in [0.25, 0.3) is 0 Å². The van der Waals surface area contributed by atoms with Crippen LogP contribution in [0.1, 0.15) is 29.9 Å². The van der Waals surface area contributed by atoms with E-state index in [1.807, 2.05) is 6.07 Å². The van der Waals surface area contributed by atoms with Gasteiger partial charge in [-0.25, -0.2) is 9.78 Å². The second kappa shape index (κ2) is 8.30. The molecule has 36 heavy (non-hydrogen) atoms. The first-order chi connectivity index (χ1) is 17.4. The number of nitrogens with one attached hydrogen (secondary N) is 3. The number of carbonyl (C=O) groups is 2. The van der Waals surface area contributed by atoms with Gasteiger partial charge in [0.05, 0.1) is 23.4 Å². The molecule has 2 saturated carbocycles. The topological polar surface area (TPSA) is 122 Å². The number of phenols is 1. The third kappa shape index (κ3) is 3.85. The molecule has 0 spiro atoms. The van der Waals surface area contributed by atoms with Gasteiger partial charge in [-0.1, -0.05) is 11.6 Å². The number of amides is 3. The third-order valence-corrected chi connectivity index (χ3v) is 7.43. The van der Waals surface area contributed by atoms with Crippen molar-refractivity contribution in [2.24, 2.45) is 5.92 Å². The first kappa shape index (κ1) is 22.5. The van der Waals surface area contributed by atoms with Crippen LogP contribution in [0.2, 0.25) is 5.02 Å². The highest BCUT2D eigenvalue weighted by molar-refractivity contribution is 6.33. The van der Waals surface area contributed by atoms with Crippen LogP contribution in [-0.2, 0) is 11.2 Å². The smallest absolute Gasteiger partial charge is 0.319 e. The van der Waals surface area contributed by atoms with Gasteiger partial charge in [-0.3, -0.25) is 4.79 Å². The number of aromatic hydroxyl groups is 1. The van der Waals surface area contributed by atoms with Crippen molar-refractivity contribution in [1.29, 1.82) is 0 Å². The van der Waals surface area contributed by atoms with E-state index in [2.05, 4.69) is 20.9 Å². The van der Waals surface area contributed by atoms with Crippen LogP contribution in [0.3, 0.4) is 0 Å². The van der Waals surface area contributed by atoms with Crippen LogP contribution in [0.25, 0.3) is 0 Å². The molecule has 184 valence electrons. The van der Waals surface area contributed by atoms with E-state index in [1.54, 1.807) is 49.7 Å². The van der Waals surface area contributed by atoms with Gasteiger partial charge >= 0.3 is 6.03 Å². The molecule has 6 rings (SSSR count). The van der Waals surface area contributed by atoms with Crippen LogP contribution < -0.4 is 25.4 Å². The zero-order chi connectivity index (χ0) is 25.0. The molecule has 0 bridgehead atoms. The maximum atomic E-state index is 12.7. The number of hydrogen-bond acceptors (Lipinski definition) is 6. The Kier molecular flexibility index (Phi) is 5.19. The summed E-state index contributed by atoms with van der Waals surface area (Å²) in [5.41, 5.74) is 1.66. The summed E-state index contributed by atoms with van der Waals surface area (Å²) in [5.74, 6) is 2.61. The lowest BCUT2D eigenvalue weighted by Gasteiger charge is -2.20. The van der Waals surface area contributed by atoms with Crippen LogP contribution in [-0.4, -0.2) is 34.7 Å². The molecule has 1 aromatic heterocycles. The standard InChI is InChI=1S/C26H23ClN4O5/c1-35-13-2-5-19(18(27)11-13)29-25(34)31-26-12-17(26)23(26)16-10-14(3-6-20(16)32)36-21-8-9-28-24-15(21)4-7-22(33)30-24/h2-3,5-6,8-11,17,23,32H,4,7,12H2,1H3,(H,28,30,33)(H2,29,31,34)/t17-,23+,26-/m0/s1. The number of benzene rings is 2. The number of pyridine rings is 1. The van der Waals surface area contributed by atoms with Crippen LogP contribution in [0.15, 0.2) is 48.7 Å². The zero-order valence-electron chi connectivity index (χ0n) is 19.3. The molecule has 2 aromatic carbocycles. The quantitative estimate of drug-likeness (QED) is 0.381. The van der Waals surface area contributed by atoms with E-state index in [4.69, 9.17) is 21.1 Å². The Morgan fingerprint density at radius 2 is 2.03 bits per heavy atom. The van der Waals surface area contributed by atoms with E-state index in [0.29, 0.717) is 46.6 Å². The zero-order valence-corrected chi connectivity index (χ0v) is 20.1. The molecule has 10 heteroatoms. The van der Waals surface area contributed by atoms with Crippen molar-refractivity contribution >= 4 is 35.0 Å². The number of nitrogens with zero attached hydrogens (tertiary/aromatic N) is 1. The molecular weight excluding hydrogens is 484 g/mol. The van der Waals surface area contributed by atoms with Gasteiger partial charge in [0.2, 0.25) is 5.91 Å². The minimum Gasteiger partial charge on any atom is -0.508 e. The monoisotopic (exact) mass is 506 g/mol. The molecule has 3 aliphatic rings. The predicted molar refractivity (Wildman–Crippen MR) is 133 cm³/mol. The van der Waals surface area contributed by atoms with E-state index >= 15 is 0 Å². The summed E-state index contributed by atoms with van der Waals surface area (Å²) in [6.45, 7) is 0. The van der Waals surface area contributed by atoms with Crippen LogP contribution in [0.5, 0.6) is 23.0 Å². The molecule has 0 radical (unpaired) electrons. The number of fused-ring (bicyclic) bond motifs is 2. The minimum absolute atomic E-state index is 0.0104. The fourth-order valence-electron chi connectivity index (χ4n) is 5.04. The minimum atomic E-state index is -0.390. The molecule has 0 saturated heterocycles. The molecule has 3 atom stereocenters. The average molecular weight is 507 g/mol.